The SMILES string of the molecule is CCCCC/C=C(/C[Si](C)(C)C)P(=O)(OCC)OCC. The summed E-state index contributed by atoms with van der Waals surface area (Å²) in [6.45, 7) is 13.6. The lowest BCUT2D eigenvalue weighted by Gasteiger charge is -2.25. The zero-order valence-electron chi connectivity index (χ0n) is 14.2. The standard InChI is InChI=1S/C15H33O3PSi/c1-7-10-11-12-13-15(14-20(4,5)6)19(16,17-8-2)18-9-3/h13H,7-12,14H2,1-6H3/b15-13-. The van der Waals surface area contributed by atoms with Crippen molar-refractivity contribution in [3.05, 3.63) is 11.4 Å². The molecule has 0 saturated carbocycles. The van der Waals surface area contributed by atoms with Gasteiger partial charge in [0, 0.05) is 13.4 Å². The fraction of sp³-hybridized carbons (Fsp3) is 0.867. The predicted molar refractivity (Wildman–Crippen MR) is 91.2 cm³/mol. The molecule has 0 radical (unpaired) electrons. The van der Waals surface area contributed by atoms with Gasteiger partial charge >= 0.3 is 7.60 Å². The molecule has 0 saturated heterocycles. The van der Waals surface area contributed by atoms with Gasteiger partial charge in [-0.15, -0.1) is 0 Å². The van der Waals surface area contributed by atoms with E-state index in [1.165, 1.54) is 12.8 Å². The van der Waals surface area contributed by atoms with E-state index in [-0.39, 0.29) is 0 Å². The van der Waals surface area contributed by atoms with Crippen LogP contribution in [0.2, 0.25) is 25.7 Å². The molecule has 0 aromatic heterocycles. The van der Waals surface area contributed by atoms with E-state index in [0.717, 1.165) is 24.2 Å². The van der Waals surface area contributed by atoms with Crippen LogP contribution in [0.25, 0.3) is 0 Å². The van der Waals surface area contributed by atoms with Crippen molar-refractivity contribution in [1.29, 1.82) is 0 Å². The molecule has 20 heavy (non-hydrogen) atoms. The summed E-state index contributed by atoms with van der Waals surface area (Å²) in [6.07, 6.45) is 6.65. The van der Waals surface area contributed by atoms with Crippen LogP contribution in [0, 0.1) is 0 Å². The topological polar surface area (TPSA) is 35.5 Å². The van der Waals surface area contributed by atoms with E-state index in [1.54, 1.807) is 0 Å². The molecule has 0 aromatic rings. The predicted octanol–water partition coefficient (Wildman–Crippen LogP) is 6.05. The summed E-state index contributed by atoms with van der Waals surface area (Å²) in [7, 11) is -4.44. The van der Waals surface area contributed by atoms with Crippen molar-refractivity contribution in [2.75, 3.05) is 13.2 Å². The highest BCUT2D eigenvalue weighted by Crippen LogP contribution is 2.58. The molecule has 0 aromatic carbocycles. The number of rotatable bonds is 11. The molecule has 0 atom stereocenters. The lowest BCUT2D eigenvalue weighted by molar-refractivity contribution is 0.226. The Labute approximate surface area is 126 Å². The van der Waals surface area contributed by atoms with Gasteiger partial charge in [-0.25, -0.2) is 0 Å². The second-order valence-corrected chi connectivity index (χ2v) is 13.8. The molecule has 0 aliphatic heterocycles. The van der Waals surface area contributed by atoms with Gasteiger partial charge in [0.2, 0.25) is 0 Å². The molecule has 0 unspecified atom stereocenters. The largest absolute Gasteiger partial charge is 0.356 e. The van der Waals surface area contributed by atoms with Gasteiger partial charge in [-0.1, -0.05) is 45.5 Å². The van der Waals surface area contributed by atoms with Gasteiger partial charge in [0.15, 0.2) is 0 Å². The van der Waals surface area contributed by atoms with Crippen LogP contribution in [0.1, 0.15) is 46.5 Å². The fourth-order valence-corrected chi connectivity index (χ4v) is 6.90. The van der Waals surface area contributed by atoms with Gasteiger partial charge in [0.25, 0.3) is 0 Å². The van der Waals surface area contributed by atoms with Gasteiger partial charge in [-0.05, 0) is 32.7 Å². The van der Waals surface area contributed by atoms with Crippen molar-refractivity contribution in [2.24, 2.45) is 0 Å². The lowest BCUT2D eigenvalue weighted by atomic mass is 10.2. The second kappa shape index (κ2) is 9.94. The molecule has 0 heterocycles. The summed E-state index contributed by atoms with van der Waals surface area (Å²) < 4.78 is 24.0. The second-order valence-electron chi connectivity index (χ2n) is 6.26. The average Bonchev–Trinajstić information content (AvgIpc) is 2.32. The minimum absolute atomic E-state index is 0.426. The van der Waals surface area contributed by atoms with Crippen molar-refractivity contribution in [3.8, 4) is 0 Å². The number of unbranched alkanes of at least 4 members (excludes halogenated alkanes) is 3. The smallest absolute Gasteiger partial charge is 0.306 e. The van der Waals surface area contributed by atoms with Crippen LogP contribution in [0.3, 0.4) is 0 Å². The third-order valence-corrected chi connectivity index (χ3v) is 6.83. The Kier molecular flexibility index (Phi) is 9.99. The molecular formula is C15H33O3PSi. The fourth-order valence-electron chi connectivity index (χ4n) is 2.03. The van der Waals surface area contributed by atoms with Crippen LogP contribution in [-0.2, 0) is 13.6 Å². The molecule has 0 N–H and O–H groups in total. The highest BCUT2D eigenvalue weighted by molar-refractivity contribution is 7.58. The van der Waals surface area contributed by atoms with E-state index >= 15 is 0 Å². The summed E-state index contributed by atoms with van der Waals surface area (Å²) in [6, 6.07) is 0.885. The molecular weight excluding hydrogens is 287 g/mol. The first-order valence-electron chi connectivity index (χ1n) is 7.87. The maximum atomic E-state index is 13.0. The summed E-state index contributed by atoms with van der Waals surface area (Å²) >= 11 is 0. The first kappa shape index (κ1) is 20.1. The Hall–Kier alpha value is 0.107. The van der Waals surface area contributed by atoms with E-state index in [1.807, 2.05) is 13.8 Å². The molecule has 5 heteroatoms. The summed E-state index contributed by atoms with van der Waals surface area (Å²) in [5, 5.41) is 0.913. The number of hydrogen-bond donors (Lipinski definition) is 0. The molecule has 0 amide bonds. The van der Waals surface area contributed by atoms with Crippen LogP contribution < -0.4 is 0 Å². The number of allylic oxidation sites excluding steroid dienone is 2. The minimum Gasteiger partial charge on any atom is -0.306 e. The Bertz CT molecular complexity index is 325. The molecule has 0 aliphatic rings. The lowest BCUT2D eigenvalue weighted by Crippen LogP contribution is -2.20. The van der Waals surface area contributed by atoms with Crippen LogP contribution >= 0.6 is 7.60 Å². The van der Waals surface area contributed by atoms with Crippen LogP contribution in [0.5, 0.6) is 0 Å². The first-order valence-corrected chi connectivity index (χ1v) is 13.1. The summed E-state index contributed by atoms with van der Waals surface area (Å²) in [5.41, 5.74) is 0. The first-order chi connectivity index (χ1) is 9.29. The van der Waals surface area contributed by atoms with Crippen LogP contribution in [0.4, 0.5) is 0 Å². The van der Waals surface area contributed by atoms with E-state index in [9.17, 15) is 4.57 Å². The monoisotopic (exact) mass is 320 g/mol. The van der Waals surface area contributed by atoms with E-state index in [2.05, 4.69) is 32.6 Å². The molecule has 0 bridgehead atoms. The Morgan fingerprint density at radius 3 is 2.00 bits per heavy atom. The van der Waals surface area contributed by atoms with Crippen molar-refractivity contribution >= 4 is 15.7 Å². The molecule has 0 aliphatic carbocycles. The molecule has 120 valence electrons. The Morgan fingerprint density at radius 1 is 1.05 bits per heavy atom. The van der Waals surface area contributed by atoms with Crippen molar-refractivity contribution in [3.63, 3.8) is 0 Å². The number of hydrogen-bond acceptors (Lipinski definition) is 3. The van der Waals surface area contributed by atoms with Crippen molar-refractivity contribution in [2.45, 2.75) is 72.1 Å². The normalized spacial score (nSPS) is 13.8. The molecule has 0 spiro atoms. The van der Waals surface area contributed by atoms with Crippen molar-refractivity contribution < 1.29 is 13.6 Å². The highest BCUT2D eigenvalue weighted by atomic mass is 31.2. The zero-order chi connectivity index (χ0) is 15.6. The Morgan fingerprint density at radius 2 is 1.60 bits per heavy atom. The van der Waals surface area contributed by atoms with Gasteiger partial charge in [0.1, 0.15) is 0 Å². The molecule has 0 rings (SSSR count). The quantitative estimate of drug-likeness (QED) is 0.264. The van der Waals surface area contributed by atoms with Crippen LogP contribution in [0.15, 0.2) is 11.4 Å². The van der Waals surface area contributed by atoms with Gasteiger partial charge < -0.3 is 9.05 Å². The highest BCUT2D eigenvalue weighted by Gasteiger charge is 2.32. The molecule has 0 fully saturated rings. The minimum atomic E-state index is -3.08. The van der Waals surface area contributed by atoms with E-state index in [0.29, 0.717) is 13.2 Å². The van der Waals surface area contributed by atoms with Crippen LogP contribution in [-0.4, -0.2) is 21.3 Å². The molecule has 3 nitrogen and oxygen atoms in total. The van der Waals surface area contributed by atoms with Gasteiger partial charge in [0.05, 0.1) is 13.2 Å². The van der Waals surface area contributed by atoms with Gasteiger partial charge in [-0.3, -0.25) is 4.57 Å². The maximum Gasteiger partial charge on any atom is 0.356 e. The van der Waals surface area contributed by atoms with Crippen molar-refractivity contribution in [1.82, 2.24) is 0 Å². The average molecular weight is 320 g/mol. The summed E-state index contributed by atoms with van der Waals surface area (Å²) in [5.74, 6) is 0. The van der Waals surface area contributed by atoms with E-state index in [4.69, 9.17) is 9.05 Å². The zero-order valence-corrected chi connectivity index (χ0v) is 16.1. The third-order valence-electron chi connectivity index (χ3n) is 2.85. The summed E-state index contributed by atoms with van der Waals surface area (Å²) in [4.78, 5) is 0. The van der Waals surface area contributed by atoms with Gasteiger partial charge in [-0.2, -0.15) is 0 Å². The Balaban J connectivity index is 5.09. The maximum absolute atomic E-state index is 13.0. The van der Waals surface area contributed by atoms with E-state index < -0.39 is 15.7 Å². The third kappa shape index (κ3) is 8.41.